The average Bonchev–Trinajstić information content (AvgIpc) is 3.19. The molecule has 2 aromatic rings. The number of carbonyl (C=O) groups is 1. The van der Waals surface area contributed by atoms with Crippen LogP contribution in [0.4, 0.5) is 5.69 Å². The molecule has 0 aromatic heterocycles. The molecule has 1 atom stereocenters. The molecule has 5 nitrogen and oxygen atoms in total. The van der Waals surface area contributed by atoms with Gasteiger partial charge in [-0.15, -0.1) is 0 Å². The lowest BCUT2D eigenvalue weighted by molar-refractivity contribution is -0.116. The number of anilines is 1. The summed E-state index contributed by atoms with van der Waals surface area (Å²) in [5.41, 5.74) is 3.82. The Morgan fingerprint density at radius 2 is 1.86 bits per heavy atom. The maximum atomic E-state index is 13.2. The van der Waals surface area contributed by atoms with Gasteiger partial charge in [-0.3, -0.25) is 4.79 Å². The summed E-state index contributed by atoms with van der Waals surface area (Å²) in [6, 6.07) is 15.0. The number of sulfonamides is 1. The lowest BCUT2D eigenvalue weighted by atomic mass is 9.91. The predicted molar refractivity (Wildman–Crippen MR) is 111 cm³/mol. The molecular formula is C22H24N2O3S. The second-order valence-electron chi connectivity index (χ2n) is 7.47. The Hall–Kier alpha value is -2.44. The van der Waals surface area contributed by atoms with Crippen molar-refractivity contribution >= 4 is 27.2 Å². The Morgan fingerprint density at radius 3 is 2.57 bits per heavy atom. The highest BCUT2D eigenvalue weighted by atomic mass is 32.2. The first-order valence-electron chi connectivity index (χ1n) is 9.54. The molecule has 0 saturated carbocycles. The Bertz CT molecular complexity index is 1040. The van der Waals surface area contributed by atoms with Crippen LogP contribution in [0, 0.1) is 0 Å². The third-order valence-electron chi connectivity index (χ3n) is 5.66. The van der Waals surface area contributed by atoms with E-state index in [9.17, 15) is 13.2 Å². The van der Waals surface area contributed by atoms with Crippen LogP contribution in [0.5, 0.6) is 0 Å². The summed E-state index contributed by atoms with van der Waals surface area (Å²) in [5.74, 6) is 0.248. The lowest BCUT2D eigenvalue weighted by Gasteiger charge is -2.33. The van der Waals surface area contributed by atoms with Gasteiger partial charge in [0, 0.05) is 32.2 Å². The quantitative estimate of drug-likeness (QED) is 0.796. The number of rotatable bonds is 3. The van der Waals surface area contributed by atoms with E-state index in [1.165, 1.54) is 11.2 Å². The molecule has 1 unspecified atom stereocenters. The van der Waals surface area contributed by atoms with Gasteiger partial charge in [0.05, 0.1) is 4.90 Å². The molecule has 28 heavy (non-hydrogen) atoms. The summed E-state index contributed by atoms with van der Waals surface area (Å²) in [6.07, 6.45) is 2.85. The van der Waals surface area contributed by atoms with Crippen molar-refractivity contribution < 1.29 is 13.2 Å². The highest BCUT2D eigenvalue weighted by Crippen LogP contribution is 2.37. The maximum absolute atomic E-state index is 13.2. The molecular weight excluding hydrogens is 372 g/mol. The van der Waals surface area contributed by atoms with Gasteiger partial charge in [0.1, 0.15) is 0 Å². The molecule has 0 bridgehead atoms. The Morgan fingerprint density at radius 1 is 1.11 bits per heavy atom. The minimum atomic E-state index is -3.64. The molecule has 0 saturated heterocycles. The second-order valence-corrected chi connectivity index (χ2v) is 9.41. The summed E-state index contributed by atoms with van der Waals surface area (Å²) in [4.78, 5) is 14.0. The minimum Gasteiger partial charge on any atom is -0.312 e. The fourth-order valence-electron chi connectivity index (χ4n) is 3.98. The molecule has 6 heteroatoms. The van der Waals surface area contributed by atoms with Gasteiger partial charge < -0.3 is 4.90 Å². The van der Waals surface area contributed by atoms with E-state index < -0.39 is 10.0 Å². The van der Waals surface area contributed by atoms with E-state index in [0.29, 0.717) is 25.6 Å². The summed E-state index contributed by atoms with van der Waals surface area (Å²) in [5, 5.41) is 0. The van der Waals surface area contributed by atoms with Gasteiger partial charge in [0.25, 0.3) is 0 Å². The number of carbonyl (C=O) groups excluding carboxylic acids is 1. The lowest BCUT2D eigenvalue weighted by Crippen LogP contribution is -2.35. The number of hydrogen-bond acceptors (Lipinski definition) is 3. The normalized spacial score (nSPS) is 20.0. The van der Waals surface area contributed by atoms with Crippen LogP contribution in [-0.4, -0.2) is 38.3 Å². The van der Waals surface area contributed by atoms with Crippen molar-refractivity contribution in [1.29, 1.82) is 0 Å². The Kier molecular flexibility index (Phi) is 4.85. The fraction of sp³-hybridized carbons (Fsp3) is 0.318. The highest BCUT2D eigenvalue weighted by molar-refractivity contribution is 7.89. The number of nitrogens with zero attached hydrogens (tertiary/aromatic N) is 2. The van der Waals surface area contributed by atoms with Crippen LogP contribution >= 0.6 is 0 Å². The molecule has 4 rings (SSSR count). The standard InChI is InChI=1S/C22H24N2O3S/c1-16-10-13-24(17(2)25)22-14-20(8-9-21(16)22)28(26,27)23-12-11-19(15-23)18-6-4-3-5-7-18/h3-9,11,14,16H,10,12-13,15H2,1-2H3. The average molecular weight is 397 g/mol. The van der Waals surface area contributed by atoms with Gasteiger partial charge in [-0.05, 0) is 41.2 Å². The van der Waals surface area contributed by atoms with Crippen LogP contribution in [0.2, 0.25) is 0 Å². The van der Waals surface area contributed by atoms with Crippen LogP contribution in [0.3, 0.4) is 0 Å². The van der Waals surface area contributed by atoms with Crippen molar-refractivity contribution in [2.45, 2.75) is 31.1 Å². The smallest absolute Gasteiger partial charge is 0.243 e. The third kappa shape index (κ3) is 3.27. The third-order valence-corrected chi connectivity index (χ3v) is 7.47. The monoisotopic (exact) mass is 396 g/mol. The van der Waals surface area contributed by atoms with Crippen molar-refractivity contribution in [3.8, 4) is 0 Å². The van der Waals surface area contributed by atoms with E-state index in [4.69, 9.17) is 0 Å². The van der Waals surface area contributed by atoms with Crippen LogP contribution < -0.4 is 4.90 Å². The first-order chi connectivity index (χ1) is 13.4. The topological polar surface area (TPSA) is 57.7 Å². The van der Waals surface area contributed by atoms with Gasteiger partial charge in [-0.2, -0.15) is 4.31 Å². The number of benzene rings is 2. The zero-order valence-corrected chi connectivity index (χ0v) is 16.9. The van der Waals surface area contributed by atoms with E-state index in [2.05, 4.69) is 6.92 Å². The van der Waals surface area contributed by atoms with Gasteiger partial charge in [0.2, 0.25) is 15.9 Å². The molecule has 2 aliphatic heterocycles. The molecule has 0 aliphatic carbocycles. The van der Waals surface area contributed by atoms with Crippen molar-refractivity contribution in [2.75, 3.05) is 24.5 Å². The minimum absolute atomic E-state index is 0.0584. The highest BCUT2D eigenvalue weighted by Gasteiger charge is 2.31. The van der Waals surface area contributed by atoms with Gasteiger partial charge in [0.15, 0.2) is 0 Å². The van der Waals surface area contributed by atoms with Crippen molar-refractivity contribution in [2.24, 2.45) is 0 Å². The summed E-state index contributed by atoms with van der Waals surface area (Å²) >= 11 is 0. The molecule has 0 spiro atoms. The largest absolute Gasteiger partial charge is 0.312 e. The molecule has 2 heterocycles. The number of fused-ring (bicyclic) bond motifs is 1. The Balaban J connectivity index is 1.64. The predicted octanol–water partition coefficient (Wildman–Crippen LogP) is 3.63. The van der Waals surface area contributed by atoms with E-state index in [1.54, 1.807) is 17.0 Å². The van der Waals surface area contributed by atoms with E-state index in [1.807, 2.05) is 42.5 Å². The first-order valence-corrected chi connectivity index (χ1v) is 11.0. The molecule has 1 amide bonds. The number of hydrogen-bond donors (Lipinski definition) is 0. The fourth-order valence-corrected chi connectivity index (χ4v) is 5.36. The van der Waals surface area contributed by atoms with Crippen LogP contribution in [0.1, 0.15) is 37.3 Å². The maximum Gasteiger partial charge on any atom is 0.243 e. The van der Waals surface area contributed by atoms with Gasteiger partial charge in [-0.25, -0.2) is 8.42 Å². The Labute approximate surface area is 166 Å². The molecule has 2 aromatic carbocycles. The van der Waals surface area contributed by atoms with Crippen LogP contribution in [0.15, 0.2) is 59.5 Å². The number of amides is 1. The molecule has 0 N–H and O–H groups in total. The van der Waals surface area contributed by atoms with E-state index >= 15 is 0 Å². The second kappa shape index (κ2) is 7.18. The van der Waals surface area contributed by atoms with E-state index in [-0.39, 0.29) is 10.8 Å². The van der Waals surface area contributed by atoms with Crippen LogP contribution in [0.25, 0.3) is 5.57 Å². The zero-order chi connectivity index (χ0) is 19.9. The molecule has 0 radical (unpaired) electrons. The van der Waals surface area contributed by atoms with Crippen molar-refractivity contribution in [3.63, 3.8) is 0 Å². The summed E-state index contributed by atoms with van der Waals surface area (Å²) in [7, 11) is -3.64. The molecule has 0 fully saturated rings. The molecule has 2 aliphatic rings. The van der Waals surface area contributed by atoms with Crippen LogP contribution in [-0.2, 0) is 14.8 Å². The SMILES string of the molecule is CC(=O)N1CCC(C)c2ccc(S(=O)(=O)N3CC=C(c4ccccc4)C3)cc21. The van der Waals surface area contributed by atoms with Gasteiger partial charge >= 0.3 is 0 Å². The zero-order valence-electron chi connectivity index (χ0n) is 16.1. The summed E-state index contributed by atoms with van der Waals surface area (Å²) < 4.78 is 28.0. The first kappa shape index (κ1) is 18.9. The van der Waals surface area contributed by atoms with Crippen molar-refractivity contribution in [3.05, 3.63) is 65.7 Å². The van der Waals surface area contributed by atoms with Gasteiger partial charge in [-0.1, -0.05) is 49.4 Å². The molecule has 146 valence electrons. The van der Waals surface area contributed by atoms with Crippen molar-refractivity contribution in [1.82, 2.24) is 4.31 Å². The summed E-state index contributed by atoms with van der Waals surface area (Å²) in [6.45, 7) is 4.97. The van der Waals surface area contributed by atoms with E-state index in [0.717, 1.165) is 28.8 Å².